The van der Waals surface area contributed by atoms with Crippen molar-refractivity contribution in [1.29, 1.82) is 0 Å². The van der Waals surface area contributed by atoms with Crippen LogP contribution in [-0.4, -0.2) is 41.6 Å². The van der Waals surface area contributed by atoms with E-state index >= 15 is 0 Å². The molecule has 20 heavy (non-hydrogen) atoms. The summed E-state index contributed by atoms with van der Waals surface area (Å²) in [6.07, 6.45) is 7.19. The second-order valence-corrected chi connectivity index (χ2v) is 7.47. The Balaban J connectivity index is 3.89. The van der Waals surface area contributed by atoms with Crippen LogP contribution in [0.5, 0.6) is 0 Å². The lowest BCUT2D eigenvalue weighted by Crippen LogP contribution is -2.09. The first-order valence-electron chi connectivity index (χ1n) is 6.39. The van der Waals surface area contributed by atoms with Gasteiger partial charge in [-0.25, -0.2) is 0 Å². The summed E-state index contributed by atoms with van der Waals surface area (Å²) < 4.78 is 54.1. The monoisotopic (exact) mass is 326 g/mol. The van der Waals surface area contributed by atoms with Crippen molar-refractivity contribution < 1.29 is 25.2 Å². The fourth-order valence-electron chi connectivity index (χ4n) is 1.17. The Hall–Kier alpha value is -0.700. The van der Waals surface area contributed by atoms with Gasteiger partial charge in [-0.15, -0.1) is 0 Å². The molecule has 6 nitrogen and oxygen atoms in total. The minimum absolute atomic E-state index is 0.000191. The number of hydrogen-bond donors (Lipinski definition) is 0. The molecule has 0 aliphatic carbocycles. The molecule has 0 amide bonds. The average molecular weight is 326 g/mol. The van der Waals surface area contributed by atoms with Gasteiger partial charge in [0.05, 0.1) is 24.7 Å². The van der Waals surface area contributed by atoms with E-state index in [1.165, 1.54) is 12.2 Å². The van der Waals surface area contributed by atoms with Gasteiger partial charge < -0.3 is 0 Å². The molecule has 0 spiro atoms. The van der Waals surface area contributed by atoms with E-state index in [0.717, 1.165) is 0 Å². The van der Waals surface area contributed by atoms with Crippen molar-refractivity contribution in [2.45, 2.75) is 26.7 Å². The second kappa shape index (κ2) is 10.1. The lowest BCUT2D eigenvalue weighted by molar-refractivity contribution is 0.355. The Morgan fingerprint density at radius 2 is 1.10 bits per heavy atom. The van der Waals surface area contributed by atoms with E-state index < -0.39 is 20.2 Å². The molecular weight excluding hydrogens is 304 g/mol. The maximum Gasteiger partial charge on any atom is 0.267 e. The molecule has 0 saturated heterocycles. The van der Waals surface area contributed by atoms with E-state index in [9.17, 15) is 16.8 Å². The van der Waals surface area contributed by atoms with Crippen LogP contribution in [0.1, 0.15) is 26.7 Å². The Kier molecular flexibility index (Phi) is 9.74. The van der Waals surface area contributed by atoms with Crippen LogP contribution in [0.4, 0.5) is 0 Å². The first-order valence-corrected chi connectivity index (χ1v) is 9.54. The van der Waals surface area contributed by atoms with Gasteiger partial charge >= 0.3 is 0 Å². The van der Waals surface area contributed by atoms with Gasteiger partial charge in [-0.3, -0.25) is 8.37 Å². The van der Waals surface area contributed by atoms with Crippen molar-refractivity contribution in [3.63, 3.8) is 0 Å². The van der Waals surface area contributed by atoms with Gasteiger partial charge in [0.2, 0.25) is 0 Å². The topological polar surface area (TPSA) is 86.7 Å². The number of rotatable bonds is 11. The van der Waals surface area contributed by atoms with Crippen molar-refractivity contribution in [3.05, 3.63) is 24.3 Å². The molecule has 0 saturated carbocycles. The van der Waals surface area contributed by atoms with Gasteiger partial charge in [0.1, 0.15) is 0 Å². The van der Waals surface area contributed by atoms with E-state index in [-0.39, 0.29) is 24.7 Å². The van der Waals surface area contributed by atoms with Gasteiger partial charge in [0.15, 0.2) is 0 Å². The highest BCUT2D eigenvalue weighted by atomic mass is 32.2. The quantitative estimate of drug-likeness (QED) is 0.423. The summed E-state index contributed by atoms with van der Waals surface area (Å²) in [5.41, 5.74) is 0. The molecule has 0 aromatic rings. The van der Waals surface area contributed by atoms with Crippen LogP contribution >= 0.6 is 0 Å². The standard InChI is InChI=1S/C12H22O6S2/c1-3-11-19(13,14)17-9-7-5-6-8-10-18-20(15,16)12-4-2/h5-8H,3-4,9-12H2,1-2H3. The summed E-state index contributed by atoms with van der Waals surface area (Å²) in [4.78, 5) is 0. The predicted molar refractivity (Wildman–Crippen MR) is 78.3 cm³/mol. The number of allylic oxidation sites excluding steroid dienone is 2. The largest absolute Gasteiger partial charge is 0.267 e. The third-order valence-corrected chi connectivity index (χ3v) is 4.79. The maximum atomic E-state index is 11.2. The lowest BCUT2D eigenvalue weighted by Gasteiger charge is -2.00. The molecule has 0 rings (SSSR count). The van der Waals surface area contributed by atoms with E-state index in [1.54, 1.807) is 26.0 Å². The Labute approximate surface area is 121 Å². The van der Waals surface area contributed by atoms with Crippen LogP contribution in [0, 0.1) is 0 Å². The van der Waals surface area contributed by atoms with Crippen LogP contribution in [0.25, 0.3) is 0 Å². The Morgan fingerprint density at radius 1 is 0.750 bits per heavy atom. The zero-order valence-electron chi connectivity index (χ0n) is 11.8. The molecule has 0 atom stereocenters. The molecular formula is C12H22O6S2. The molecule has 0 aliphatic heterocycles. The lowest BCUT2D eigenvalue weighted by atomic mass is 10.4. The van der Waals surface area contributed by atoms with Gasteiger partial charge in [-0.05, 0) is 12.8 Å². The summed E-state index contributed by atoms with van der Waals surface area (Å²) in [5.74, 6) is -0.000382. The summed E-state index contributed by atoms with van der Waals surface area (Å²) in [7, 11) is -6.87. The summed E-state index contributed by atoms with van der Waals surface area (Å²) >= 11 is 0. The van der Waals surface area contributed by atoms with E-state index in [1.807, 2.05) is 0 Å². The molecule has 0 fully saturated rings. The summed E-state index contributed by atoms with van der Waals surface area (Å²) in [6, 6.07) is 0. The molecule has 0 aromatic heterocycles. The van der Waals surface area contributed by atoms with Gasteiger partial charge in [0.25, 0.3) is 20.2 Å². The van der Waals surface area contributed by atoms with E-state index in [4.69, 9.17) is 0 Å². The second-order valence-electron chi connectivity index (χ2n) is 3.95. The minimum Gasteiger partial charge on any atom is -0.266 e. The molecule has 0 N–H and O–H groups in total. The smallest absolute Gasteiger partial charge is 0.266 e. The minimum atomic E-state index is -3.43. The highest BCUT2D eigenvalue weighted by molar-refractivity contribution is 7.86. The summed E-state index contributed by atoms with van der Waals surface area (Å²) in [6.45, 7) is 3.43. The number of hydrogen-bond acceptors (Lipinski definition) is 6. The third kappa shape index (κ3) is 11.2. The molecule has 0 heterocycles. The van der Waals surface area contributed by atoms with Crippen LogP contribution in [-0.2, 0) is 28.6 Å². The predicted octanol–water partition coefficient (Wildman–Crippen LogP) is 1.61. The zero-order chi connectivity index (χ0) is 15.5. The van der Waals surface area contributed by atoms with Crippen LogP contribution in [0.3, 0.4) is 0 Å². The van der Waals surface area contributed by atoms with Crippen molar-refractivity contribution in [3.8, 4) is 0 Å². The molecule has 0 aliphatic rings. The van der Waals surface area contributed by atoms with Crippen LogP contribution in [0.2, 0.25) is 0 Å². The van der Waals surface area contributed by atoms with Crippen molar-refractivity contribution in [1.82, 2.24) is 0 Å². The normalized spacial score (nSPS) is 13.5. The highest BCUT2D eigenvalue weighted by Crippen LogP contribution is 1.97. The fourth-order valence-corrected chi connectivity index (χ4v) is 2.98. The third-order valence-electron chi connectivity index (χ3n) is 1.98. The first-order chi connectivity index (χ1) is 9.33. The molecule has 118 valence electrons. The summed E-state index contributed by atoms with van der Waals surface area (Å²) in [5, 5.41) is 0. The van der Waals surface area contributed by atoms with Gasteiger partial charge in [0, 0.05) is 0 Å². The SMILES string of the molecule is CCCS(=O)(=O)OCC=CC=CCOS(=O)(=O)CCC. The molecule has 0 aromatic carbocycles. The Morgan fingerprint density at radius 3 is 1.40 bits per heavy atom. The van der Waals surface area contributed by atoms with Crippen LogP contribution in [0.15, 0.2) is 24.3 Å². The molecule has 0 bridgehead atoms. The zero-order valence-corrected chi connectivity index (χ0v) is 13.5. The van der Waals surface area contributed by atoms with Gasteiger partial charge in [-0.1, -0.05) is 38.2 Å². The average Bonchev–Trinajstić information content (AvgIpc) is 2.32. The molecule has 0 unspecified atom stereocenters. The van der Waals surface area contributed by atoms with E-state index in [2.05, 4.69) is 8.37 Å². The van der Waals surface area contributed by atoms with Crippen molar-refractivity contribution in [2.24, 2.45) is 0 Å². The van der Waals surface area contributed by atoms with Gasteiger partial charge in [-0.2, -0.15) is 16.8 Å². The highest BCUT2D eigenvalue weighted by Gasteiger charge is 2.07. The molecule has 0 radical (unpaired) electrons. The fraction of sp³-hybridized carbons (Fsp3) is 0.667. The first kappa shape index (κ1) is 19.3. The maximum absolute atomic E-state index is 11.2. The van der Waals surface area contributed by atoms with Crippen molar-refractivity contribution in [2.75, 3.05) is 24.7 Å². The van der Waals surface area contributed by atoms with E-state index in [0.29, 0.717) is 12.8 Å². The molecule has 8 heteroatoms. The Bertz CT molecular complexity index is 454. The van der Waals surface area contributed by atoms with Crippen LogP contribution < -0.4 is 0 Å². The van der Waals surface area contributed by atoms with Crippen molar-refractivity contribution >= 4 is 20.2 Å².